The van der Waals surface area contributed by atoms with Gasteiger partial charge in [0, 0.05) is 17.1 Å². The van der Waals surface area contributed by atoms with Crippen LogP contribution in [0.5, 0.6) is 0 Å². The lowest BCUT2D eigenvalue weighted by molar-refractivity contribution is -0.141. The number of nitrogens with one attached hydrogen (secondary N) is 1. The van der Waals surface area contributed by atoms with Crippen LogP contribution in [-0.2, 0) is 4.79 Å². The van der Waals surface area contributed by atoms with Crippen LogP contribution in [-0.4, -0.2) is 17.6 Å². The van der Waals surface area contributed by atoms with Crippen molar-refractivity contribution in [1.29, 1.82) is 0 Å². The Bertz CT molecular complexity index is 526. The number of hydrogen-bond donors (Lipinski definition) is 2. The molecule has 0 spiro atoms. The van der Waals surface area contributed by atoms with Crippen LogP contribution < -0.4 is 5.32 Å². The molecule has 21 heavy (non-hydrogen) atoms. The fourth-order valence-corrected chi connectivity index (χ4v) is 4.40. The van der Waals surface area contributed by atoms with E-state index < -0.39 is 5.97 Å². The molecule has 1 aromatic rings. The van der Waals surface area contributed by atoms with Gasteiger partial charge in [-0.25, -0.2) is 0 Å². The van der Waals surface area contributed by atoms with Gasteiger partial charge in [-0.1, -0.05) is 47.3 Å². The van der Waals surface area contributed by atoms with Gasteiger partial charge in [-0.2, -0.15) is 0 Å². The standard InChI is InChI=1S/C17H22BrNO2/c18-15-8-12(16-9-13(10-19-16)17(20)21)6-7-14(15)11-4-2-1-3-5-11/h6-8,11,13,16,19H,1-5,9-10H2,(H,20,21). The average molecular weight is 352 g/mol. The van der Waals surface area contributed by atoms with E-state index >= 15 is 0 Å². The van der Waals surface area contributed by atoms with Crippen LogP contribution in [0.15, 0.2) is 22.7 Å². The third kappa shape index (κ3) is 3.32. The summed E-state index contributed by atoms with van der Waals surface area (Å²) in [5.74, 6) is -0.264. The first kappa shape index (κ1) is 15.0. The Balaban J connectivity index is 1.73. The second kappa shape index (κ2) is 6.49. The van der Waals surface area contributed by atoms with E-state index in [1.165, 1.54) is 47.7 Å². The lowest BCUT2D eigenvalue weighted by Gasteiger charge is -2.24. The van der Waals surface area contributed by atoms with Crippen LogP contribution in [0.3, 0.4) is 0 Å². The number of aliphatic carboxylic acids is 1. The first-order valence-electron chi connectivity index (χ1n) is 7.90. The van der Waals surface area contributed by atoms with Crippen LogP contribution in [0.1, 0.15) is 61.6 Å². The van der Waals surface area contributed by atoms with E-state index in [1.807, 2.05) is 0 Å². The third-order valence-electron chi connectivity index (χ3n) is 4.95. The Labute approximate surface area is 134 Å². The van der Waals surface area contributed by atoms with Crippen molar-refractivity contribution in [1.82, 2.24) is 5.32 Å². The first-order valence-corrected chi connectivity index (χ1v) is 8.70. The Kier molecular flexibility index (Phi) is 4.65. The zero-order valence-corrected chi connectivity index (χ0v) is 13.7. The van der Waals surface area contributed by atoms with Crippen LogP contribution >= 0.6 is 15.9 Å². The lowest BCUT2D eigenvalue weighted by atomic mass is 9.83. The molecule has 2 atom stereocenters. The number of halogens is 1. The van der Waals surface area contributed by atoms with Gasteiger partial charge in [-0.15, -0.1) is 0 Å². The molecule has 3 rings (SSSR count). The number of carbonyl (C=O) groups is 1. The molecule has 1 aliphatic heterocycles. The van der Waals surface area contributed by atoms with Crippen LogP contribution in [0, 0.1) is 5.92 Å². The number of carboxylic acid groups (broad SMARTS) is 1. The highest BCUT2D eigenvalue weighted by molar-refractivity contribution is 9.10. The predicted octanol–water partition coefficient (Wildman–Crippen LogP) is 4.23. The van der Waals surface area contributed by atoms with E-state index in [4.69, 9.17) is 5.11 Å². The van der Waals surface area contributed by atoms with Crippen molar-refractivity contribution < 1.29 is 9.90 Å². The molecule has 0 amide bonds. The van der Waals surface area contributed by atoms with E-state index in [1.54, 1.807) is 0 Å². The molecular weight excluding hydrogens is 330 g/mol. The van der Waals surface area contributed by atoms with Gasteiger partial charge in [0.1, 0.15) is 0 Å². The minimum atomic E-state index is -0.692. The topological polar surface area (TPSA) is 49.3 Å². The van der Waals surface area contributed by atoms with Crippen LogP contribution in [0.2, 0.25) is 0 Å². The molecule has 3 nitrogen and oxygen atoms in total. The monoisotopic (exact) mass is 351 g/mol. The second-order valence-electron chi connectivity index (χ2n) is 6.35. The van der Waals surface area contributed by atoms with Gasteiger partial charge >= 0.3 is 5.97 Å². The zero-order valence-electron chi connectivity index (χ0n) is 12.1. The summed E-state index contributed by atoms with van der Waals surface area (Å²) >= 11 is 3.73. The van der Waals surface area contributed by atoms with E-state index in [0.717, 1.165) is 0 Å². The molecule has 1 saturated carbocycles. The van der Waals surface area contributed by atoms with Crippen molar-refractivity contribution in [3.8, 4) is 0 Å². The van der Waals surface area contributed by atoms with E-state index in [-0.39, 0.29) is 12.0 Å². The largest absolute Gasteiger partial charge is 0.481 e. The SMILES string of the molecule is O=C(O)C1CNC(c2ccc(C3CCCCC3)c(Br)c2)C1. The summed E-state index contributed by atoms with van der Waals surface area (Å²) in [6.07, 6.45) is 7.31. The fraction of sp³-hybridized carbons (Fsp3) is 0.588. The van der Waals surface area contributed by atoms with Gasteiger partial charge in [0.15, 0.2) is 0 Å². The van der Waals surface area contributed by atoms with E-state index in [9.17, 15) is 4.79 Å². The molecule has 2 aliphatic rings. The minimum Gasteiger partial charge on any atom is -0.481 e. The van der Waals surface area contributed by atoms with Crippen LogP contribution in [0.25, 0.3) is 0 Å². The molecule has 1 heterocycles. The van der Waals surface area contributed by atoms with E-state index in [2.05, 4.69) is 39.4 Å². The Morgan fingerprint density at radius 2 is 2.00 bits per heavy atom. The summed E-state index contributed by atoms with van der Waals surface area (Å²) in [5, 5.41) is 12.4. The Morgan fingerprint density at radius 3 is 2.62 bits per heavy atom. The number of hydrogen-bond acceptors (Lipinski definition) is 2. The Hall–Kier alpha value is -0.870. The number of carboxylic acids is 1. The van der Waals surface area contributed by atoms with Crippen LogP contribution in [0.4, 0.5) is 0 Å². The maximum atomic E-state index is 11.1. The highest BCUT2D eigenvalue weighted by Crippen LogP contribution is 2.38. The normalized spacial score (nSPS) is 26.9. The number of rotatable bonds is 3. The van der Waals surface area contributed by atoms with Crippen molar-refractivity contribution in [2.24, 2.45) is 5.92 Å². The highest BCUT2D eigenvalue weighted by atomic mass is 79.9. The van der Waals surface area contributed by atoms with E-state index in [0.29, 0.717) is 18.9 Å². The summed E-state index contributed by atoms with van der Waals surface area (Å²) in [7, 11) is 0. The molecule has 1 saturated heterocycles. The van der Waals surface area contributed by atoms with Gasteiger partial charge in [0.2, 0.25) is 0 Å². The second-order valence-corrected chi connectivity index (χ2v) is 7.20. The molecule has 0 aromatic heterocycles. The van der Waals surface area contributed by atoms with Crippen molar-refractivity contribution in [3.05, 3.63) is 33.8 Å². The molecule has 2 N–H and O–H groups in total. The number of benzene rings is 1. The van der Waals surface area contributed by atoms with Crippen molar-refractivity contribution in [3.63, 3.8) is 0 Å². The zero-order chi connectivity index (χ0) is 14.8. The molecule has 0 bridgehead atoms. The predicted molar refractivity (Wildman–Crippen MR) is 86.5 cm³/mol. The molecule has 114 valence electrons. The maximum absolute atomic E-state index is 11.1. The molecular formula is C17H22BrNO2. The Morgan fingerprint density at radius 1 is 1.24 bits per heavy atom. The molecule has 1 aromatic carbocycles. The summed E-state index contributed by atoms with van der Waals surface area (Å²) in [6, 6.07) is 6.77. The molecule has 0 radical (unpaired) electrons. The van der Waals surface area contributed by atoms with Gasteiger partial charge in [-0.05, 0) is 42.4 Å². The lowest BCUT2D eigenvalue weighted by Crippen LogP contribution is -2.17. The van der Waals surface area contributed by atoms with Gasteiger partial charge in [0.05, 0.1) is 5.92 Å². The molecule has 2 fully saturated rings. The van der Waals surface area contributed by atoms with Crippen molar-refractivity contribution in [2.45, 2.75) is 50.5 Å². The minimum absolute atomic E-state index is 0.169. The average Bonchev–Trinajstić information content (AvgIpc) is 2.98. The third-order valence-corrected chi connectivity index (χ3v) is 5.64. The summed E-state index contributed by atoms with van der Waals surface area (Å²) in [5.41, 5.74) is 2.62. The van der Waals surface area contributed by atoms with Crippen molar-refractivity contribution in [2.75, 3.05) is 6.54 Å². The van der Waals surface area contributed by atoms with Gasteiger partial charge in [-0.3, -0.25) is 4.79 Å². The van der Waals surface area contributed by atoms with Crippen molar-refractivity contribution >= 4 is 21.9 Å². The summed E-state index contributed by atoms with van der Waals surface area (Å²) in [4.78, 5) is 11.1. The van der Waals surface area contributed by atoms with Gasteiger partial charge in [0.25, 0.3) is 0 Å². The quantitative estimate of drug-likeness (QED) is 0.856. The first-order chi connectivity index (χ1) is 10.1. The highest BCUT2D eigenvalue weighted by Gasteiger charge is 2.30. The van der Waals surface area contributed by atoms with Gasteiger partial charge < -0.3 is 10.4 Å². The summed E-state index contributed by atoms with van der Waals surface area (Å²) in [6.45, 7) is 0.571. The molecule has 1 aliphatic carbocycles. The smallest absolute Gasteiger partial charge is 0.307 e. The fourth-order valence-electron chi connectivity index (χ4n) is 3.68. The summed E-state index contributed by atoms with van der Waals surface area (Å²) < 4.78 is 1.19. The molecule has 2 unspecified atom stereocenters. The molecule has 4 heteroatoms. The maximum Gasteiger partial charge on any atom is 0.307 e.